The first kappa shape index (κ1) is 11.9. The number of amides is 1. The highest BCUT2D eigenvalue weighted by atomic mass is 32.2. The summed E-state index contributed by atoms with van der Waals surface area (Å²) in [6, 6.07) is 7.09. The normalized spacial score (nSPS) is 12.1. The summed E-state index contributed by atoms with van der Waals surface area (Å²) >= 11 is -2.05. The molecular weight excluding hydrogens is 214 g/mol. The fraction of sp³-hybridized carbons (Fsp3) is 0.300. The molecule has 1 amide bonds. The lowest BCUT2D eigenvalue weighted by Gasteiger charge is -2.06. The molecule has 0 fully saturated rings. The number of rotatable bonds is 4. The van der Waals surface area contributed by atoms with Crippen molar-refractivity contribution in [3.63, 3.8) is 0 Å². The largest absolute Gasteiger partial charge is 0.772 e. The monoisotopic (exact) mass is 226 g/mol. The third-order valence-electron chi connectivity index (χ3n) is 1.85. The van der Waals surface area contributed by atoms with Crippen LogP contribution in [0.3, 0.4) is 0 Å². The topological polar surface area (TPSA) is 69.2 Å². The minimum absolute atomic E-state index is 0.0282. The predicted molar refractivity (Wildman–Crippen MR) is 56.6 cm³/mol. The average Bonchev–Trinajstić information content (AvgIpc) is 2.16. The van der Waals surface area contributed by atoms with E-state index in [9.17, 15) is 13.6 Å². The van der Waals surface area contributed by atoms with Crippen LogP contribution < -0.4 is 5.32 Å². The van der Waals surface area contributed by atoms with E-state index >= 15 is 0 Å². The molecule has 0 saturated carbocycles. The van der Waals surface area contributed by atoms with Crippen molar-refractivity contribution < 1.29 is 13.6 Å². The Balaban J connectivity index is 2.56. The standard InChI is InChI=1S/C10H13NO3S/c1-8(12)11-6-9-2-4-10(5-3-9)7-15(13)14/h2-5H,6-7H2,1H3,(H,11,12)(H,13,14)/p-1. The molecule has 1 N–H and O–H groups in total. The van der Waals surface area contributed by atoms with Crippen LogP contribution in [0.5, 0.6) is 0 Å². The molecular formula is C10H12NO3S-. The molecule has 0 radical (unpaired) electrons. The minimum atomic E-state index is -2.05. The number of carbonyl (C=O) groups excluding carboxylic acids is 1. The van der Waals surface area contributed by atoms with E-state index < -0.39 is 11.1 Å². The third kappa shape index (κ3) is 4.71. The van der Waals surface area contributed by atoms with Crippen molar-refractivity contribution in [2.24, 2.45) is 0 Å². The van der Waals surface area contributed by atoms with E-state index in [0.29, 0.717) is 6.54 Å². The van der Waals surface area contributed by atoms with Gasteiger partial charge in [-0.3, -0.25) is 9.00 Å². The van der Waals surface area contributed by atoms with Gasteiger partial charge in [0.05, 0.1) is 0 Å². The zero-order valence-corrected chi connectivity index (χ0v) is 9.17. The minimum Gasteiger partial charge on any atom is -0.772 e. The Bertz CT molecular complexity index is 361. The summed E-state index contributed by atoms with van der Waals surface area (Å²) in [7, 11) is 0. The second-order valence-corrected chi connectivity index (χ2v) is 4.07. The van der Waals surface area contributed by atoms with Crippen LogP contribution in [0, 0.1) is 0 Å². The highest BCUT2D eigenvalue weighted by molar-refractivity contribution is 7.78. The quantitative estimate of drug-likeness (QED) is 0.768. The summed E-state index contributed by atoms with van der Waals surface area (Å²) in [5.41, 5.74) is 1.69. The van der Waals surface area contributed by atoms with Crippen LogP contribution in [-0.2, 0) is 28.2 Å². The van der Waals surface area contributed by atoms with E-state index in [1.54, 1.807) is 24.3 Å². The van der Waals surface area contributed by atoms with Crippen molar-refractivity contribution in [3.8, 4) is 0 Å². The van der Waals surface area contributed by atoms with Gasteiger partial charge in [-0.05, 0) is 11.1 Å². The van der Waals surface area contributed by atoms with Crippen LogP contribution in [0.4, 0.5) is 0 Å². The molecule has 1 aromatic carbocycles. The van der Waals surface area contributed by atoms with Crippen molar-refractivity contribution in [2.75, 3.05) is 0 Å². The van der Waals surface area contributed by atoms with Gasteiger partial charge in [0.1, 0.15) is 0 Å². The molecule has 0 saturated heterocycles. The lowest BCUT2D eigenvalue weighted by Crippen LogP contribution is -2.18. The maximum Gasteiger partial charge on any atom is 0.217 e. The molecule has 1 atom stereocenters. The van der Waals surface area contributed by atoms with Crippen molar-refractivity contribution in [2.45, 2.75) is 19.2 Å². The van der Waals surface area contributed by atoms with Crippen molar-refractivity contribution >= 4 is 17.0 Å². The van der Waals surface area contributed by atoms with E-state index in [-0.39, 0.29) is 11.7 Å². The maximum atomic E-state index is 10.6. The molecule has 0 bridgehead atoms. The Labute approximate surface area is 91.0 Å². The molecule has 0 aliphatic carbocycles. The molecule has 15 heavy (non-hydrogen) atoms. The van der Waals surface area contributed by atoms with Gasteiger partial charge in [-0.25, -0.2) is 0 Å². The number of carbonyl (C=O) groups is 1. The SMILES string of the molecule is CC(=O)NCc1ccc(CS(=O)[O-])cc1. The van der Waals surface area contributed by atoms with Crippen LogP contribution in [0.15, 0.2) is 24.3 Å². The van der Waals surface area contributed by atoms with Crippen LogP contribution >= 0.6 is 0 Å². The average molecular weight is 226 g/mol. The molecule has 1 aromatic rings. The summed E-state index contributed by atoms with van der Waals surface area (Å²) < 4.78 is 20.8. The van der Waals surface area contributed by atoms with Gasteiger partial charge >= 0.3 is 0 Å². The van der Waals surface area contributed by atoms with E-state index in [1.165, 1.54) is 6.92 Å². The zero-order valence-electron chi connectivity index (χ0n) is 8.36. The molecule has 0 heterocycles. The molecule has 4 nitrogen and oxygen atoms in total. The molecule has 82 valence electrons. The van der Waals surface area contributed by atoms with Crippen molar-refractivity contribution in [3.05, 3.63) is 35.4 Å². The summed E-state index contributed by atoms with van der Waals surface area (Å²) in [5.74, 6) is -0.0554. The predicted octanol–water partition coefficient (Wildman–Crippen LogP) is 0.702. The van der Waals surface area contributed by atoms with Gasteiger partial charge in [0.15, 0.2) is 0 Å². The maximum absolute atomic E-state index is 10.6. The smallest absolute Gasteiger partial charge is 0.217 e. The third-order valence-corrected chi connectivity index (χ3v) is 2.42. The van der Waals surface area contributed by atoms with E-state index in [4.69, 9.17) is 0 Å². The van der Waals surface area contributed by atoms with Crippen molar-refractivity contribution in [1.82, 2.24) is 5.32 Å². The molecule has 0 spiro atoms. The molecule has 5 heteroatoms. The van der Waals surface area contributed by atoms with Gasteiger partial charge in [-0.2, -0.15) is 0 Å². The van der Waals surface area contributed by atoms with Gasteiger partial charge in [0, 0.05) is 19.2 Å². The first-order valence-electron chi connectivity index (χ1n) is 4.46. The van der Waals surface area contributed by atoms with Gasteiger partial charge in [-0.1, -0.05) is 35.3 Å². The van der Waals surface area contributed by atoms with Crippen molar-refractivity contribution in [1.29, 1.82) is 0 Å². The van der Waals surface area contributed by atoms with Gasteiger partial charge in [-0.15, -0.1) is 0 Å². The van der Waals surface area contributed by atoms with Crippen LogP contribution in [0.25, 0.3) is 0 Å². The Morgan fingerprint density at radius 1 is 1.33 bits per heavy atom. The molecule has 0 aliphatic heterocycles. The lowest BCUT2D eigenvalue weighted by atomic mass is 10.1. The molecule has 1 rings (SSSR count). The summed E-state index contributed by atoms with van der Waals surface area (Å²) in [5, 5.41) is 2.66. The number of hydrogen-bond donors (Lipinski definition) is 1. The first-order chi connectivity index (χ1) is 7.08. The lowest BCUT2D eigenvalue weighted by molar-refractivity contribution is -0.119. The van der Waals surface area contributed by atoms with E-state index in [1.807, 2.05) is 0 Å². The summed E-state index contributed by atoms with van der Waals surface area (Å²) in [4.78, 5) is 10.6. The van der Waals surface area contributed by atoms with E-state index in [2.05, 4.69) is 5.32 Å². The van der Waals surface area contributed by atoms with E-state index in [0.717, 1.165) is 11.1 Å². The first-order valence-corrected chi connectivity index (χ1v) is 5.70. The Morgan fingerprint density at radius 3 is 2.33 bits per heavy atom. The molecule has 0 aromatic heterocycles. The van der Waals surface area contributed by atoms with Gasteiger partial charge < -0.3 is 9.87 Å². The molecule has 1 unspecified atom stereocenters. The fourth-order valence-electron chi connectivity index (χ4n) is 1.12. The van der Waals surface area contributed by atoms with Gasteiger partial charge in [0.2, 0.25) is 5.91 Å². The number of nitrogens with one attached hydrogen (secondary N) is 1. The Hall–Kier alpha value is -1.20. The highest BCUT2D eigenvalue weighted by Gasteiger charge is 1.96. The second kappa shape index (κ2) is 5.63. The van der Waals surface area contributed by atoms with Crippen LogP contribution in [-0.4, -0.2) is 14.7 Å². The fourth-order valence-corrected chi connectivity index (χ4v) is 1.58. The molecule has 0 aliphatic rings. The second-order valence-electron chi connectivity index (χ2n) is 3.17. The summed E-state index contributed by atoms with van der Waals surface area (Å²) in [6.45, 7) is 1.92. The zero-order chi connectivity index (χ0) is 11.3. The van der Waals surface area contributed by atoms with Crippen LogP contribution in [0.2, 0.25) is 0 Å². The number of benzene rings is 1. The Morgan fingerprint density at radius 2 is 1.87 bits per heavy atom. The summed E-state index contributed by atoms with van der Waals surface area (Å²) in [6.07, 6.45) is 0. The van der Waals surface area contributed by atoms with Gasteiger partial charge in [0.25, 0.3) is 0 Å². The number of hydrogen-bond acceptors (Lipinski definition) is 3. The Kier molecular flexibility index (Phi) is 4.45. The van der Waals surface area contributed by atoms with Crippen LogP contribution in [0.1, 0.15) is 18.1 Å². The highest BCUT2D eigenvalue weighted by Crippen LogP contribution is 2.06.